The highest BCUT2D eigenvalue weighted by atomic mass is 16.3. The first-order chi connectivity index (χ1) is 11.3. The number of carbonyl (C=O) groups excluding carboxylic acids is 1. The molecule has 7 atom stereocenters. The van der Waals surface area contributed by atoms with Gasteiger partial charge in [0.25, 0.3) is 0 Å². The number of fused-ring (bicyclic) bond motifs is 5. The van der Waals surface area contributed by atoms with Crippen LogP contribution in [0.25, 0.3) is 0 Å². The lowest BCUT2D eigenvalue weighted by molar-refractivity contribution is -0.128. The molecule has 4 aliphatic carbocycles. The van der Waals surface area contributed by atoms with Crippen LogP contribution in [0.15, 0.2) is 11.6 Å². The standard InChI is InChI=1S/C22H34O2/c1-14(23)15-4-7-19-18-6-5-16-12-17(24)8-11-22(16,3)20(18)9-10-21(19,2)13-15/h5,15,17-20,24H,4,6-13H2,1-3H3/t15-,17+,18+,19+,20+,21-,22+/m1/s1. The molecule has 0 aromatic carbocycles. The Balaban J connectivity index is 1.61. The normalized spacial score (nSPS) is 51.0. The van der Waals surface area contributed by atoms with E-state index in [4.69, 9.17) is 0 Å². The highest BCUT2D eigenvalue weighted by Gasteiger charge is 2.56. The predicted octanol–water partition coefficient (Wildman–Crippen LogP) is 4.91. The Morgan fingerprint density at radius 1 is 1.12 bits per heavy atom. The van der Waals surface area contributed by atoms with Gasteiger partial charge in [-0.15, -0.1) is 0 Å². The van der Waals surface area contributed by atoms with Gasteiger partial charge < -0.3 is 5.11 Å². The number of carbonyl (C=O) groups is 1. The van der Waals surface area contributed by atoms with Crippen LogP contribution in [0.5, 0.6) is 0 Å². The van der Waals surface area contributed by atoms with Crippen LogP contribution in [0, 0.1) is 34.5 Å². The van der Waals surface area contributed by atoms with E-state index in [0.717, 1.165) is 43.4 Å². The van der Waals surface area contributed by atoms with Crippen LogP contribution in [-0.2, 0) is 4.79 Å². The van der Waals surface area contributed by atoms with Crippen LogP contribution in [-0.4, -0.2) is 17.0 Å². The Kier molecular flexibility index (Phi) is 3.99. The fourth-order valence-corrected chi connectivity index (χ4v) is 7.24. The maximum absolute atomic E-state index is 11.9. The fourth-order valence-electron chi connectivity index (χ4n) is 7.24. The number of Topliss-reactive ketones (excluding diaryl/α,β-unsaturated/α-hetero) is 1. The van der Waals surface area contributed by atoms with Crippen molar-refractivity contribution in [1.29, 1.82) is 0 Å². The minimum Gasteiger partial charge on any atom is -0.393 e. The van der Waals surface area contributed by atoms with E-state index in [-0.39, 0.29) is 6.10 Å². The monoisotopic (exact) mass is 330 g/mol. The number of hydrogen-bond acceptors (Lipinski definition) is 2. The van der Waals surface area contributed by atoms with Gasteiger partial charge in [0.1, 0.15) is 5.78 Å². The van der Waals surface area contributed by atoms with Crippen LogP contribution in [0.1, 0.15) is 78.6 Å². The molecule has 0 saturated heterocycles. The molecule has 0 heterocycles. The minimum absolute atomic E-state index is 0.110. The van der Waals surface area contributed by atoms with Crippen molar-refractivity contribution < 1.29 is 9.90 Å². The van der Waals surface area contributed by atoms with Crippen LogP contribution >= 0.6 is 0 Å². The van der Waals surface area contributed by atoms with Gasteiger partial charge in [0.05, 0.1) is 6.10 Å². The SMILES string of the molecule is CC(=O)[C@@H]1CC[C@H]2[C@@H]3CC=C4C[C@@H](O)CC[C@]4(C)[C@H]3CC[C@]2(C)C1. The van der Waals surface area contributed by atoms with Gasteiger partial charge in [0.2, 0.25) is 0 Å². The molecular weight excluding hydrogens is 296 g/mol. The third-order valence-electron chi connectivity index (χ3n) is 8.71. The second kappa shape index (κ2) is 5.69. The molecular formula is C22H34O2. The Morgan fingerprint density at radius 2 is 1.92 bits per heavy atom. The van der Waals surface area contributed by atoms with Gasteiger partial charge in [-0.3, -0.25) is 4.79 Å². The van der Waals surface area contributed by atoms with E-state index in [1.807, 2.05) is 0 Å². The van der Waals surface area contributed by atoms with E-state index < -0.39 is 0 Å². The molecule has 0 bridgehead atoms. The average molecular weight is 331 g/mol. The zero-order valence-electron chi connectivity index (χ0n) is 15.7. The molecule has 0 radical (unpaired) electrons. The van der Waals surface area contributed by atoms with Gasteiger partial charge in [0.15, 0.2) is 0 Å². The van der Waals surface area contributed by atoms with Crippen molar-refractivity contribution in [3.05, 3.63) is 11.6 Å². The Morgan fingerprint density at radius 3 is 2.67 bits per heavy atom. The van der Waals surface area contributed by atoms with E-state index in [9.17, 15) is 9.90 Å². The van der Waals surface area contributed by atoms with E-state index in [2.05, 4.69) is 19.9 Å². The zero-order valence-corrected chi connectivity index (χ0v) is 15.7. The summed E-state index contributed by atoms with van der Waals surface area (Å²) in [7, 11) is 0. The van der Waals surface area contributed by atoms with Gasteiger partial charge in [0, 0.05) is 5.92 Å². The van der Waals surface area contributed by atoms with Gasteiger partial charge in [-0.25, -0.2) is 0 Å². The average Bonchev–Trinajstić information content (AvgIpc) is 2.54. The molecule has 3 fully saturated rings. The zero-order chi connectivity index (χ0) is 17.1. The predicted molar refractivity (Wildman–Crippen MR) is 96.5 cm³/mol. The van der Waals surface area contributed by atoms with Crippen molar-refractivity contribution in [2.45, 2.75) is 84.7 Å². The number of aliphatic hydroxyl groups is 1. The summed E-state index contributed by atoms with van der Waals surface area (Å²) >= 11 is 0. The Labute approximate surface area is 147 Å². The Bertz CT molecular complexity index is 564. The van der Waals surface area contributed by atoms with E-state index >= 15 is 0 Å². The summed E-state index contributed by atoms with van der Waals surface area (Å²) in [5, 5.41) is 10.1. The molecule has 0 unspecified atom stereocenters. The number of allylic oxidation sites excluding steroid dienone is 1. The smallest absolute Gasteiger partial charge is 0.132 e. The highest BCUT2D eigenvalue weighted by Crippen LogP contribution is 2.64. The molecule has 4 rings (SSSR count). The van der Waals surface area contributed by atoms with Crippen LogP contribution in [0.3, 0.4) is 0 Å². The number of rotatable bonds is 1. The molecule has 4 aliphatic rings. The third kappa shape index (κ3) is 2.43. The molecule has 1 N–H and O–H groups in total. The van der Waals surface area contributed by atoms with Crippen molar-refractivity contribution in [3.63, 3.8) is 0 Å². The van der Waals surface area contributed by atoms with E-state index in [0.29, 0.717) is 22.5 Å². The summed E-state index contributed by atoms with van der Waals surface area (Å²) in [5.41, 5.74) is 2.27. The van der Waals surface area contributed by atoms with Crippen LogP contribution < -0.4 is 0 Å². The summed E-state index contributed by atoms with van der Waals surface area (Å²) in [5.74, 6) is 3.14. The van der Waals surface area contributed by atoms with Crippen LogP contribution in [0.2, 0.25) is 0 Å². The molecule has 0 aromatic rings. The summed E-state index contributed by atoms with van der Waals surface area (Å²) in [4.78, 5) is 11.9. The van der Waals surface area contributed by atoms with E-state index in [1.54, 1.807) is 12.5 Å². The second-order valence-corrected chi connectivity index (χ2v) is 9.94. The summed E-state index contributed by atoms with van der Waals surface area (Å²) in [6.45, 7) is 6.77. The first-order valence-corrected chi connectivity index (χ1v) is 10.2. The topological polar surface area (TPSA) is 37.3 Å². The third-order valence-corrected chi connectivity index (χ3v) is 8.71. The summed E-state index contributed by atoms with van der Waals surface area (Å²) in [6.07, 6.45) is 12.8. The van der Waals surface area contributed by atoms with Crippen molar-refractivity contribution >= 4 is 5.78 Å². The lowest BCUT2D eigenvalue weighted by Crippen LogP contribution is -2.52. The number of hydrogen-bond donors (Lipinski definition) is 1. The molecule has 2 heteroatoms. The van der Waals surface area contributed by atoms with E-state index in [1.165, 1.54) is 32.1 Å². The molecule has 2 nitrogen and oxygen atoms in total. The van der Waals surface area contributed by atoms with Crippen LogP contribution in [0.4, 0.5) is 0 Å². The molecule has 3 saturated carbocycles. The number of ketones is 1. The molecule has 0 aliphatic heterocycles. The van der Waals surface area contributed by atoms with Gasteiger partial charge in [-0.05, 0) is 93.3 Å². The first-order valence-electron chi connectivity index (χ1n) is 10.2. The first kappa shape index (κ1) is 16.8. The fraction of sp³-hybridized carbons (Fsp3) is 0.864. The van der Waals surface area contributed by atoms with Crippen molar-refractivity contribution in [2.75, 3.05) is 0 Å². The maximum Gasteiger partial charge on any atom is 0.132 e. The number of aliphatic hydroxyl groups excluding tert-OH is 1. The highest BCUT2D eigenvalue weighted by molar-refractivity contribution is 5.78. The Hall–Kier alpha value is -0.630. The minimum atomic E-state index is -0.110. The second-order valence-electron chi connectivity index (χ2n) is 9.94. The van der Waals surface area contributed by atoms with Gasteiger partial charge in [-0.1, -0.05) is 25.5 Å². The van der Waals surface area contributed by atoms with Crippen molar-refractivity contribution in [3.8, 4) is 0 Å². The van der Waals surface area contributed by atoms with Crippen molar-refractivity contribution in [1.82, 2.24) is 0 Å². The summed E-state index contributed by atoms with van der Waals surface area (Å²) in [6, 6.07) is 0. The molecule has 0 amide bonds. The lowest BCUT2D eigenvalue weighted by Gasteiger charge is -2.60. The molecule has 134 valence electrons. The molecule has 24 heavy (non-hydrogen) atoms. The largest absolute Gasteiger partial charge is 0.393 e. The van der Waals surface area contributed by atoms with Crippen molar-refractivity contribution in [2.24, 2.45) is 34.5 Å². The molecule has 0 aromatic heterocycles. The summed E-state index contributed by atoms with van der Waals surface area (Å²) < 4.78 is 0. The maximum atomic E-state index is 11.9. The van der Waals surface area contributed by atoms with Gasteiger partial charge in [-0.2, -0.15) is 0 Å². The lowest BCUT2D eigenvalue weighted by atomic mass is 9.44. The van der Waals surface area contributed by atoms with Gasteiger partial charge >= 0.3 is 0 Å². The quantitative estimate of drug-likeness (QED) is 0.694. The molecule has 0 spiro atoms.